The molecule has 0 spiro atoms. The van der Waals surface area contributed by atoms with Gasteiger partial charge in [-0.25, -0.2) is 17.4 Å². The summed E-state index contributed by atoms with van der Waals surface area (Å²) in [4.78, 5) is 4.24. The van der Waals surface area contributed by atoms with Crippen molar-refractivity contribution >= 4 is 38.2 Å². The molecule has 2 atom stereocenters. The molecular weight excluding hydrogens is 423 g/mol. The van der Waals surface area contributed by atoms with E-state index in [9.17, 15) is 13.0 Å². The first-order valence-electron chi connectivity index (χ1n) is 6.62. The molecule has 1 aromatic rings. The number of rotatable bonds is 2. The van der Waals surface area contributed by atoms with Gasteiger partial charge in [0.15, 0.2) is 0 Å². The van der Waals surface area contributed by atoms with Crippen molar-refractivity contribution in [1.29, 1.82) is 0 Å². The number of nitrogens with two attached hydrogens (primary N) is 1. The summed E-state index contributed by atoms with van der Waals surface area (Å²) in [6.45, 7) is 2.33. The van der Waals surface area contributed by atoms with E-state index in [0.29, 0.717) is 0 Å². The molecule has 1 aliphatic heterocycles. The zero-order chi connectivity index (χ0) is 16.8. The van der Waals surface area contributed by atoms with E-state index in [-0.39, 0.29) is 17.2 Å². The molecular formula is C14H18F2IN3OS. The summed E-state index contributed by atoms with van der Waals surface area (Å²) in [5.41, 5.74) is 4.43. The van der Waals surface area contributed by atoms with Crippen molar-refractivity contribution in [3.8, 4) is 0 Å². The van der Waals surface area contributed by atoms with Crippen molar-refractivity contribution in [3.63, 3.8) is 0 Å². The maximum Gasteiger partial charge on any atom is 0.131 e. The summed E-state index contributed by atoms with van der Waals surface area (Å²) in [5, 5.41) is 0. The predicted molar refractivity (Wildman–Crippen MR) is 93.8 cm³/mol. The summed E-state index contributed by atoms with van der Waals surface area (Å²) >= 11 is 2.01. The van der Waals surface area contributed by atoms with Gasteiger partial charge in [0.1, 0.15) is 28.6 Å². The fourth-order valence-electron chi connectivity index (χ4n) is 2.49. The predicted octanol–water partition coefficient (Wildman–Crippen LogP) is 2.84. The molecule has 8 heteroatoms. The van der Waals surface area contributed by atoms with Crippen LogP contribution in [0.4, 0.5) is 8.78 Å². The summed E-state index contributed by atoms with van der Waals surface area (Å²) < 4.78 is 45.1. The Balaban J connectivity index is 2.79. The van der Waals surface area contributed by atoms with Crippen LogP contribution < -0.4 is 5.73 Å². The normalized spacial score (nSPS) is 30.7. The highest BCUT2D eigenvalue weighted by atomic mass is 127. The van der Waals surface area contributed by atoms with Gasteiger partial charge in [-0.3, -0.25) is 4.99 Å². The van der Waals surface area contributed by atoms with Gasteiger partial charge in [0, 0.05) is 16.2 Å². The van der Waals surface area contributed by atoms with Crippen molar-refractivity contribution in [2.45, 2.75) is 24.1 Å². The van der Waals surface area contributed by atoms with Gasteiger partial charge in [0.05, 0.1) is 15.5 Å². The standard InChI is InChI=1S/C14H18F2IN3OS/c1-13(2)12(18)20-14(7-15,8-22(13,21)19-3)10-6-9(17)4-5-11(10)16/h4-6H,7-8H2,1-3H3,(H2,18,20)/t14-,22+/m0/s1. The molecule has 0 bridgehead atoms. The van der Waals surface area contributed by atoms with Crippen molar-refractivity contribution in [1.82, 2.24) is 0 Å². The van der Waals surface area contributed by atoms with Crippen molar-refractivity contribution in [2.75, 3.05) is 19.5 Å². The first-order valence-corrected chi connectivity index (χ1v) is 9.38. The van der Waals surface area contributed by atoms with Crippen LogP contribution in [0.25, 0.3) is 0 Å². The lowest BCUT2D eigenvalue weighted by atomic mass is 9.92. The molecule has 0 aromatic heterocycles. The Morgan fingerprint density at radius 3 is 2.68 bits per heavy atom. The number of hydrogen-bond donors (Lipinski definition) is 1. The molecule has 0 aliphatic carbocycles. The zero-order valence-electron chi connectivity index (χ0n) is 12.6. The zero-order valence-corrected chi connectivity index (χ0v) is 15.5. The third kappa shape index (κ3) is 2.53. The Bertz CT molecular complexity index is 756. The van der Waals surface area contributed by atoms with Gasteiger partial charge >= 0.3 is 0 Å². The Hall–Kier alpha value is -0.770. The Morgan fingerprint density at radius 2 is 2.14 bits per heavy atom. The van der Waals surface area contributed by atoms with Crippen LogP contribution in [0, 0.1) is 9.39 Å². The van der Waals surface area contributed by atoms with Crippen molar-refractivity contribution in [2.24, 2.45) is 15.1 Å². The van der Waals surface area contributed by atoms with Gasteiger partial charge in [-0.15, -0.1) is 0 Å². The maximum absolute atomic E-state index is 14.3. The van der Waals surface area contributed by atoms with Crippen LogP contribution in [0.1, 0.15) is 19.4 Å². The largest absolute Gasteiger partial charge is 0.386 e. The number of nitrogens with zero attached hydrogens (tertiary/aromatic N) is 2. The SMILES string of the molecule is CN=[S@@]1(=O)C[C@@](CF)(c2cc(I)ccc2F)N=C(N)C1(C)C. The minimum Gasteiger partial charge on any atom is -0.386 e. The van der Waals surface area contributed by atoms with Gasteiger partial charge in [0.25, 0.3) is 0 Å². The molecule has 1 aliphatic rings. The van der Waals surface area contributed by atoms with Crippen LogP contribution in [0.5, 0.6) is 0 Å². The number of hydrogen-bond acceptors (Lipinski definition) is 4. The molecule has 1 aromatic carbocycles. The second-order valence-electron chi connectivity index (χ2n) is 5.76. The number of halogens is 3. The third-order valence-electron chi connectivity index (χ3n) is 4.13. The monoisotopic (exact) mass is 441 g/mol. The van der Waals surface area contributed by atoms with E-state index in [0.717, 1.165) is 3.57 Å². The fourth-order valence-corrected chi connectivity index (χ4v) is 5.24. The van der Waals surface area contributed by atoms with Gasteiger partial charge in [-0.05, 0) is 54.6 Å². The van der Waals surface area contributed by atoms with Crippen LogP contribution in [0.2, 0.25) is 0 Å². The minimum atomic E-state index is -2.89. The summed E-state index contributed by atoms with van der Waals surface area (Å²) in [5.74, 6) is -0.755. The summed E-state index contributed by atoms with van der Waals surface area (Å²) in [7, 11) is -1.48. The van der Waals surface area contributed by atoms with Gasteiger partial charge in [0.2, 0.25) is 0 Å². The lowest BCUT2D eigenvalue weighted by Gasteiger charge is -2.41. The minimum absolute atomic E-state index is 0.0326. The first kappa shape index (κ1) is 17.6. The first-order chi connectivity index (χ1) is 10.1. The van der Waals surface area contributed by atoms with E-state index in [1.807, 2.05) is 22.6 Å². The van der Waals surface area contributed by atoms with Crippen LogP contribution >= 0.6 is 22.6 Å². The second-order valence-corrected chi connectivity index (χ2v) is 9.97. The molecule has 0 radical (unpaired) electrons. The third-order valence-corrected chi connectivity index (χ3v) is 8.06. The maximum atomic E-state index is 14.3. The molecule has 0 fully saturated rings. The Morgan fingerprint density at radius 1 is 1.50 bits per heavy atom. The topological polar surface area (TPSA) is 67.8 Å². The summed E-state index contributed by atoms with van der Waals surface area (Å²) in [6.07, 6.45) is 0. The van der Waals surface area contributed by atoms with E-state index < -0.39 is 32.5 Å². The second kappa shape index (κ2) is 5.70. The number of amidine groups is 1. The smallest absolute Gasteiger partial charge is 0.131 e. The van der Waals surface area contributed by atoms with E-state index in [1.54, 1.807) is 19.9 Å². The van der Waals surface area contributed by atoms with E-state index in [2.05, 4.69) is 9.36 Å². The highest BCUT2D eigenvalue weighted by molar-refractivity contribution is 14.1. The fraction of sp³-hybridized carbons (Fsp3) is 0.500. The Labute approximate surface area is 142 Å². The quantitative estimate of drug-likeness (QED) is 0.718. The van der Waals surface area contributed by atoms with Crippen LogP contribution in [0.3, 0.4) is 0 Å². The highest BCUT2D eigenvalue weighted by Crippen LogP contribution is 2.39. The molecule has 2 N–H and O–H groups in total. The number of benzene rings is 1. The molecule has 0 unspecified atom stereocenters. The molecule has 0 amide bonds. The molecule has 2 rings (SSSR count). The lowest BCUT2D eigenvalue weighted by molar-refractivity contribution is 0.326. The molecule has 0 saturated heterocycles. The van der Waals surface area contributed by atoms with Gasteiger partial charge < -0.3 is 5.73 Å². The van der Waals surface area contributed by atoms with E-state index >= 15 is 0 Å². The number of aliphatic imine (C=N–C) groups is 1. The van der Waals surface area contributed by atoms with E-state index in [1.165, 1.54) is 19.2 Å². The van der Waals surface area contributed by atoms with E-state index in [4.69, 9.17) is 5.73 Å². The van der Waals surface area contributed by atoms with Gasteiger partial charge in [-0.2, -0.15) is 0 Å². The van der Waals surface area contributed by atoms with Crippen LogP contribution in [0.15, 0.2) is 27.6 Å². The lowest BCUT2D eigenvalue weighted by Crippen LogP contribution is -2.56. The van der Waals surface area contributed by atoms with Gasteiger partial charge in [-0.1, -0.05) is 0 Å². The average Bonchev–Trinajstić information content (AvgIpc) is 2.47. The molecule has 0 saturated carbocycles. The van der Waals surface area contributed by atoms with Crippen LogP contribution in [-0.2, 0) is 15.3 Å². The Kier molecular flexibility index (Phi) is 4.55. The number of alkyl halides is 1. The molecule has 122 valence electrons. The molecule has 1 heterocycles. The molecule has 22 heavy (non-hydrogen) atoms. The van der Waals surface area contributed by atoms with Crippen molar-refractivity contribution in [3.05, 3.63) is 33.1 Å². The summed E-state index contributed by atoms with van der Waals surface area (Å²) in [6, 6.07) is 4.34. The molecule has 4 nitrogen and oxygen atoms in total. The average molecular weight is 441 g/mol. The highest BCUT2D eigenvalue weighted by Gasteiger charge is 2.50. The van der Waals surface area contributed by atoms with Crippen molar-refractivity contribution < 1.29 is 13.0 Å². The van der Waals surface area contributed by atoms with Crippen LogP contribution in [-0.4, -0.2) is 34.3 Å².